The van der Waals surface area contributed by atoms with E-state index in [-0.39, 0.29) is 0 Å². The van der Waals surface area contributed by atoms with Crippen LogP contribution in [0.15, 0.2) is 199 Å². The standard InChI is InChI=1S/C57H32N4OS/c1-2-16-36-32-47-45(31-35(36)15-1)40-28-27-34-14-4-6-19-38(34)53(40)61(47)46-30-29-41-39-20-7-9-24-48(39)62-54(41)52(46)57-59-55(42-22-11-17-33-13-3-5-18-37(33)42)58-56(60-57)44-23-12-26-50-51(44)43-21-8-10-25-49(43)63-50/h1-32H. The maximum Gasteiger partial charge on any atom is 0.170 e. The molecule has 0 bridgehead atoms. The van der Waals surface area contributed by atoms with Gasteiger partial charge in [-0.25, -0.2) is 15.0 Å². The second-order valence-corrected chi connectivity index (χ2v) is 17.4. The van der Waals surface area contributed by atoms with Crippen LogP contribution in [0, 0.1) is 0 Å². The highest BCUT2D eigenvalue weighted by Gasteiger charge is 2.26. The van der Waals surface area contributed by atoms with Crippen LogP contribution in [0.25, 0.3) is 136 Å². The van der Waals surface area contributed by atoms with E-state index in [4.69, 9.17) is 19.4 Å². The Labute approximate surface area is 363 Å². The summed E-state index contributed by atoms with van der Waals surface area (Å²) in [5, 5.41) is 13.6. The number of rotatable bonds is 4. The molecule has 0 saturated carbocycles. The third-order valence-electron chi connectivity index (χ3n) is 12.8. The van der Waals surface area contributed by atoms with E-state index in [1.54, 1.807) is 11.3 Å². The van der Waals surface area contributed by atoms with Crippen molar-refractivity contribution in [3.63, 3.8) is 0 Å². The second-order valence-electron chi connectivity index (χ2n) is 16.3. The van der Waals surface area contributed by atoms with E-state index in [9.17, 15) is 0 Å². The number of thiophene rings is 1. The molecule has 6 heteroatoms. The molecule has 0 atom stereocenters. The van der Waals surface area contributed by atoms with Gasteiger partial charge in [-0.1, -0.05) is 152 Å². The van der Waals surface area contributed by atoms with E-state index >= 15 is 0 Å². The highest BCUT2D eigenvalue weighted by atomic mass is 32.1. The number of aromatic nitrogens is 4. The average molecular weight is 821 g/mol. The molecule has 0 spiro atoms. The zero-order valence-electron chi connectivity index (χ0n) is 33.6. The first-order valence-electron chi connectivity index (χ1n) is 21.2. The molecule has 0 amide bonds. The Kier molecular flexibility index (Phi) is 7.21. The highest BCUT2D eigenvalue weighted by Crippen LogP contribution is 2.46. The highest BCUT2D eigenvalue weighted by molar-refractivity contribution is 7.25. The molecule has 0 saturated heterocycles. The normalized spacial score (nSPS) is 12.1. The second kappa shape index (κ2) is 13.2. The van der Waals surface area contributed by atoms with Gasteiger partial charge < -0.3 is 8.98 Å². The Morgan fingerprint density at radius 3 is 1.86 bits per heavy atom. The van der Waals surface area contributed by atoms with Gasteiger partial charge in [0.15, 0.2) is 17.5 Å². The summed E-state index contributed by atoms with van der Waals surface area (Å²) < 4.78 is 11.9. The van der Waals surface area contributed by atoms with Crippen LogP contribution in [0.2, 0.25) is 0 Å². The van der Waals surface area contributed by atoms with Crippen molar-refractivity contribution in [3.05, 3.63) is 194 Å². The van der Waals surface area contributed by atoms with Gasteiger partial charge in [0.2, 0.25) is 0 Å². The van der Waals surface area contributed by atoms with Gasteiger partial charge in [-0.2, -0.15) is 0 Å². The van der Waals surface area contributed by atoms with Crippen molar-refractivity contribution in [2.75, 3.05) is 0 Å². The summed E-state index contributed by atoms with van der Waals surface area (Å²) in [6.07, 6.45) is 0. The quantitative estimate of drug-likeness (QED) is 0.177. The molecule has 0 aliphatic rings. The Hall–Kier alpha value is -8.19. The number of fused-ring (bicyclic) bond motifs is 13. The molecule has 63 heavy (non-hydrogen) atoms. The van der Waals surface area contributed by atoms with Gasteiger partial charge >= 0.3 is 0 Å². The van der Waals surface area contributed by atoms with Crippen molar-refractivity contribution in [1.82, 2.24) is 19.5 Å². The average Bonchev–Trinajstić information content (AvgIpc) is 4.02. The lowest BCUT2D eigenvalue weighted by Gasteiger charge is -2.16. The number of para-hydroxylation sites is 1. The zero-order chi connectivity index (χ0) is 41.2. The SMILES string of the molecule is c1ccc2cc3c(cc2c1)c1ccc2ccccc2c1n3-c1ccc2c(oc3ccccc32)c1-c1nc(-c2cccc3ccccc23)nc(-c2cccc3sc4ccccc4c23)n1. The van der Waals surface area contributed by atoms with Gasteiger partial charge in [0, 0.05) is 58.2 Å². The van der Waals surface area contributed by atoms with Crippen molar-refractivity contribution in [2.45, 2.75) is 0 Å². The van der Waals surface area contributed by atoms with Gasteiger partial charge in [-0.3, -0.25) is 0 Å². The maximum atomic E-state index is 7.02. The molecular formula is C57H32N4OS. The van der Waals surface area contributed by atoms with Gasteiger partial charge in [0.1, 0.15) is 11.2 Å². The van der Waals surface area contributed by atoms with E-state index in [1.165, 1.54) is 41.7 Å². The topological polar surface area (TPSA) is 56.7 Å². The van der Waals surface area contributed by atoms with Gasteiger partial charge in [0.25, 0.3) is 0 Å². The van der Waals surface area contributed by atoms with E-state index in [0.717, 1.165) is 76.9 Å². The molecule has 292 valence electrons. The minimum absolute atomic E-state index is 0.537. The first kappa shape index (κ1) is 34.5. The van der Waals surface area contributed by atoms with Crippen LogP contribution < -0.4 is 0 Å². The fraction of sp³-hybridized carbons (Fsp3) is 0. The van der Waals surface area contributed by atoms with Crippen LogP contribution in [-0.2, 0) is 0 Å². The van der Waals surface area contributed by atoms with Gasteiger partial charge in [-0.15, -0.1) is 11.3 Å². The fourth-order valence-corrected chi connectivity index (χ4v) is 11.1. The smallest absolute Gasteiger partial charge is 0.170 e. The molecule has 10 aromatic carbocycles. The first-order valence-corrected chi connectivity index (χ1v) is 22.0. The van der Waals surface area contributed by atoms with Crippen LogP contribution >= 0.6 is 11.3 Å². The van der Waals surface area contributed by atoms with E-state index in [1.807, 2.05) is 12.1 Å². The molecule has 0 aliphatic carbocycles. The predicted octanol–water partition coefficient (Wildman–Crippen LogP) is 15.7. The van der Waals surface area contributed by atoms with Crippen molar-refractivity contribution in [1.29, 1.82) is 0 Å². The molecule has 0 unspecified atom stereocenters. The lowest BCUT2D eigenvalue weighted by molar-refractivity contribution is 0.669. The molecule has 4 heterocycles. The summed E-state index contributed by atoms with van der Waals surface area (Å²) >= 11 is 1.79. The van der Waals surface area contributed by atoms with Crippen molar-refractivity contribution in [3.8, 4) is 39.9 Å². The summed E-state index contributed by atoms with van der Waals surface area (Å²) in [6, 6.07) is 69.1. The lowest BCUT2D eigenvalue weighted by Crippen LogP contribution is -2.04. The number of hydrogen-bond donors (Lipinski definition) is 0. The van der Waals surface area contributed by atoms with E-state index in [2.05, 4.69) is 187 Å². The third kappa shape index (κ3) is 5.07. The van der Waals surface area contributed by atoms with Crippen molar-refractivity contribution < 1.29 is 4.42 Å². The summed E-state index contributed by atoms with van der Waals surface area (Å²) in [5.74, 6) is 1.74. The minimum Gasteiger partial charge on any atom is -0.455 e. The zero-order valence-corrected chi connectivity index (χ0v) is 34.4. The monoisotopic (exact) mass is 820 g/mol. The summed E-state index contributed by atoms with van der Waals surface area (Å²) in [6.45, 7) is 0. The molecule has 0 aliphatic heterocycles. The number of hydrogen-bond acceptors (Lipinski definition) is 5. The van der Waals surface area contributed by atoms with Crippen LogP contribution in [0.1, 0.15) is 0 Å². The van der Waals surface area contributed by atoms with E-state index in [0.29, 0.717) is 17.5 Å². The Balaban J connectivity index is 1.17. The Morgan fingerprint density at radius 2 is 1.00 bits per heavy atom. The molecule has 0 radical (unpaired) electrons. The summed E-state index contributed by atoms with van der Waals surface area (Å²) in [5.41, 5.74) is 7.37. The van der Waals surface area contributed by atoms with Crippen molar-refractivity contribution in [2.24, 2.45) is 0 Å². The molecule has 14 rings (SSSR count). The first-order chi connectivity index (χ1) is 31.2. The predicted molar refractivity (Wildman–Crippen MR) is 263 cm³/mol. The van der Waals surface area contributed by atoms with Gasteiger partial charge in [-0.05, 0) is 69.4 Å². The molecular weight excluding hydrogens is 789 g/mol. The number of furan rings is 1. The summed E-state index contributed by atoms with van der Waals surface area (Å²) in [7, 11) is 0. The van der Waals surface area contributed by atoms with Crippen LogP contribution in [0.3, 0.4) is 0 Å². The van der Waals surface area contributed by atoms with Crippen LogP contribution in [0.4, 0.5) is 0 Å². The van der Waals surface area contributed by atoms with Crippen molar-refractivity contribution >= 4 is 108 Å². The van der Waals surface area contributed by atoms with Crippen LogP contribution in [0.5, 0.6) is 0 Å². The van der Waals surface area contributed by atoms with Gasteiger partial charge in [0.05, 0.1) is 22.3 Å². The molecule has 4 aromatic heterocycles. The minimum atomic E-state index is 0.537. The summed E-state index contributed by atoms with van der Waals surface area (Å²) in [4.78, 5) is 16.6. The molecule has 14 aromatic rings. The third-order valence-corrected chi connectivity index (χ3v) is 14.0. The van der Waals surface area contributed by atoms with Crippen LogP contribution in [-0.4, -0.2) is 19.5 Å². The number of benzene rings is 10. The Morgan fingerprint density at radius 1 is 0.397 bits per heavy atom. The Bertz CT molecular complexity index is 4230. The lowest BCUT2D eigenvalue weighted by atomic mass is 10.0. The molecule has 0 fully saturated rings. The number of nitrogens with zero attached hydrogens (tertiary/aromatic N) is 4. The largest absolute Gasteiger partial charge is 0.455 e. The maximum absolute atomic E-state index is 7.02. The van der Waals surface area contributed by atoms with E-state index < -0.39 is 0 Å². The molecule has 5 nitrogen and oxygen atoms in total. The molecule has 0 N–H and O–H groups in total. The fourth-order valence-electron chi connectivity index (χ4n) is 10.0.